The lowest BCUT2D eigenvalue weighted by Gasteiger charge is -2.07. The van der Waals surface area contributed by atoms with Crippen molar-refractivity contribution in [1.82, 2.24) is 0 Å². The third-order valence-corrected chi connectivity index (χ3v) is 3.42. The van der Waals surface area contributed by atoms with Gasteiger partial charge in [0.05, 0.1) is 18.1 Å². The summed E-state index contributed by atoms with van der Waals surface area (Å²) in [4.78, 5) is 21.4. The zero-order valence-corrected chi connectivity index (χ0v) is 14.3. The number of thioether (sulfide) groups is 1. The highest BCUT2D eigenvalue weighted by Gasteiger charge is 2.05. The topological polar surface area (TPSA) is 65.7 Å². The van der Waals surface area contributed by atoms with Gasteiger partial charge in [-0.3, -0.25) is 4.79 Å². The van der Waals surface area contributed by atoms with E-state index in [1.54, 1.807) is 23.9 Å². The molecule has 0 saturated heterocycles. The van der Waals surface area contributed by atoms with Crippen LogP contribution in [0.15, 0.2) is 39.5 Å². The molecule has 6 heteroatoms. The van der Waals surface area contributed by atoms with Gasteiger partial charge in [0.2, 0.25) is 0 Å². The molecule has 1 aromatic carbocycles. The van der Waals surface area contributed by atoms with Crippen LogP contribution in [0.1, 0.15) is 20.3 Å². The van der Waals surface area contributed by atoms with Crippen molar-refractivity contribution >= 4 is 29.2 Å². The molecule has 0 fully saturated rings. The van der Waals surface area contributed by atoms with Gasteiger partial charge in [0, 0.05) is 11.5 Å². The summed E-state index contributed by atoms with van der Waals surface area (Å²) in [6.45, 7) is 5.55. The number of para-hydroxylation sites is 1. The second-order valence-electron chi connectivity index (χ2n) is 4.56. The number of carbonyl (C=O) groups is 1. The van der Waals surface area contributed by atoms with E-state index < -0.39 is 5.63 Å². The first-order valence-electron chi connectivity index (χ1n) is 7.51. The van der Waals surface area contributed by atoms with E-state index in [9.17, 15) is 9.59 Å². The molecule has 0 saturated carbocycles. The van der Waals surface area contributed by atoms with Crippen molar-refractivity contribution in [3.8, 4) is 5.75 Å². The average Bonchev–Trinajstić information content (AvgIpc) is 2.54. The van der Waals surface area contributed by atoms with Gasteiger partial charge in [0.1, 0.15) is 17.9 Å². The Bertz CT molecular complexity index is 638. The van der Waals surface area contributed by atoms with Gasteiger partial charge in [-0.25, -0.2) is 4.79 Å². The van der Waals surface area contributed by atoms with Gasteiger partial charge in [-0.2, -0.15) is 11.8 Å². The van der Waals surface area contributed by atoms with Gasteiger partial charge in [-0.1, -0.05) is 32.4 Å². The number of carbonyl (C=O) groups excluding carboxylic acids is 1. The Balaban J connectivity index is 0.000000816. The lowest BCUT2D eigenvalue weighted by atomic mass is 10.2. The van der Waals surface area contributed by atoms with E-state index in [0.717, 1.165) is 16.9 Å². The van der Waals surface area contributed by atoms with Crippen molar-refractivity contribution < 1.29 is 18.7 Å². The zero-order chi connectivity index (χ0) is 16.9. The highest BCUT2D eigenvalue weighted by Crippen LogP contribution is 2.23. The van der Waals surface area contributed by atoms with E-state index in [2.05, 4.69) is 18.6 Å². The number of rotatable bonds is 8. The fourth-order valence-electron chi connectivity index (χ4n) is 1.67. The third kappa shape index (κ3) is 7.23. The molecule has 2 aromatic rings. The van der Waals surface area contributed by atoms with E-state index in [1.165, 1.54) is 12.5 Å². The number of ether oxygens (including phenoxy) is 2. The number of hydrogen-bond donors (Lipinski definition) is 0. The SMILES string of the molecule is CCC.O=COCCSCCOc1cc(=O)oc2ccccc12. The minimum Gasteiger partial charge on any atom is -0.492 e. The first-order chi connectivity index (χ1) is 11.2. The molecule has 0 bridgehead atoms. The summed E-state index contributed by atoms with van der Waals surface area (Å²) in [6, 6.07) is 8.59. The second kappa shape index (κ2) is 11.6. The summed E-state index contributed by atoms with van der Waals surface area (Å²) in [6.07, 6.45) is 1.25. The normalized spacial score (nSPS) is 9.83. The predicted molar refractivity (Wildman–Crippen MR) is 93.3 cm³/mol. The molecule has 2 rings (SSSR count). The number of benzene rings is 1. The molecule has 0 spiro atoms. The van der Waals surface area contributed by atoms with Crippen LogP contribution in [0, 0.1) is 0 Å². The maximum atomic E-state index is 11.4. The van der Waals surface area contributed by atoms with Gasteiger partial charge in [0.25, 0.3) is 6.47 Å². The van der Waals surface area contributed by atoms with Crippen LogP contribution in [0.4, 0.5) is 0 Å². The molecule has 0 aliphatic carbocycles. The van der Waals surface area contributed by atoms with E-state index in [0.29, 0.717) is 31.0 Å². The summed E-state index contributed by atoms with van der Waals surface area (Å²) in [5.74, 6) is 2.00. The van der Waals surface area contributed by atoms with Crippen LogP contribution in [-0.4, -0.2) is 31.2 Å². The van der Waals surface area contributed by atoms with Gasteiger partial charge in [-0.05, 0) is 12.1 Å². The Morgan fingerprint density at radius 2 is 1.87 bits per heavy atom. The molecule has 23 heavy (non-hydrogen) atoms. The van der Waals surface area contributed by atoms with Crippen LogP contribution in [0.2, 0.25) is 0 Å². The Kier molecular flexibility index (Phi) is 9.63. The lowest BCUT2D eigenvalue weighted by Crippen LogP contribution is -2.06. The highest BCUT2D eigenvalue weighted by molar-refractivity contribution is 7.99. The summed E-state index contributed by atoms with van der Waals surface area (Å²) in [7, 11) is 0. The highest BCUT2D eigenvalue weighted by atomic mass is 32.2. The minimum absolute atomic E-state index is 0.395. The number of hydrogen-bond acceptors (Lipinski definition) is 6. The summed E-state index contributed by atoms with van der Waals surface area (Å²) in [5, 5.41) is 0.779. The van der Waals surface area contributed by atoms with Crippen molar-refractivity contribution in [3.63, 3.8) is 0 Å². The molecule has 0 aliphatic rings. The Morgan fingerprint density at radius 1 is 1.17 bits per heavy atom. The van der Waals surface area contributed by atoms with Gasteiger partial charge < -0.3 is 13.9 Å². The molecular weight excluding hydrogens is 316 g/mol. The summed E-state index contributed by atoms with van der Waals surface area (Å²) >= 11 is 1.61. The second-order valence-corrected chi connectivity index (χ2v) is 5.79. The van der Waals surface area contributed by atoms with E-state index in [1.807, 2.05) is 12.1 Å². The average molecular weight is 338 g/mol. The molecule has 0 atom stereocenters. The Hall–Kier alpha value is -1.95. The minimum atomic E-state index is -0.425. The van der Waals surface area contributed by atoms with Crippen LogP contribution < -0.4 is 10.4 Å². The Labute approximate surface area is 140 Å². The van der Waals surface area contributed by atoms with Gasteiger partial charge in [-0.15, -0.1) is 0 Å². The van der Waals surface area contributed by atoms with E-state index >= 15 is 0 Å². The molecule has 5 nitrogen and oxygen atoms in total. The standard InChI is InChI=1S/C14H14O5S.C3H8/c15-10-17-5-7-20-8-6-18-13-9-14(16)19-12-4-2-1-3-11(12)13;1-3-2/h1-4,9-10H,5-8H2;3H2,1-2H3. The molecule has 0 aliphatic heterocycles. The fraction of sp³-hybridized carbons (Fsp3) is 0.412. The third-order valence-electron chi connectivity index (χ3n) is 2.51. The molecular formula is C17H22O5S. The fourth-order valence-corrected chi connectivity index (χ4v) is 2.29. The van der Waals surface area contributed by atoms with Crippen molar-refractivity contribution in [1.29, 1.82) is 0 Å². The quantitative estimate of drug-likeness (QED) is 0.417. The number of fused-ring (bicyclic) bond motifs is 1. The van der Waals surface area contributed by atoms with Crippen LogP contribution >= 0.6 is 11.8 Å². The van der Waals surface area contributed by atoms with Crippen LogP contribution in [0.5, 0.6) is 5.75 Å². The van der Waals surface area contributed by atoms with Gasteiger partial charge >= 0.3 is 5.63 Å². The summed E-state index contributed by atoms with van der Waals surface area (Å²) < 4.78 is 15.3. The molecule has 0 unspecified atom stereocenters. The maximum Gasteiger partial charge on any atom is 0.339 e. The van der Waals surface area contributed by atoms with Crippen LogP contribution in [0.3, 0.4) is 0 Å². The Morgan fingerprint density at radius 3 is 2.61 bits per heavy atom. The molecule has 1 heterocycles. The molecule has 0 radical (unpaired) electrons. The zero-order valence-electron chi connectivity index (χ0n) is 13.4. The molecule has 126 valence electrons. The lowest BCUT2D eigenvalue weighted by molar-refractivity contribution is -0.128. The van der Waals surface area contributed by atoms with Crippen molar-refractivity contribution in [2.75, 3.05) is 24.7 Å². The van der Waals surface area contributed by atoms with E-state index in [4.69, 9.17) is 9.15 Å². The molecule has 1 aromatic heterocycles. The first kappa shape index (κ1) is 19.1. The maximum absolute atomic E-state index is 11.4. The largest absolute Gasteiger partial charge is 0.492 e. The monoisotopic (exact) mass is 338 g/mol. The molecule has 0 amide bonds. The predicted octanol–water partition coefficient (Wildman–Crippen LogP) is 3.49. The smallest absolute Gasteiger partial charge is 0.339 e. The summed E-state index contributed by atoms with van der Waals surface area (Å²) in [5.41, 5.74) is 0.0905. The first-order valence-corrected chi connectivity index (χ1v) is 8.67. The van der Waals surface area contributed by atoms with Crippen molar-refractivity contribution in [2.45, 2.75) is 20.3 Å². The van der Waals surface area contributed by atoms with Crippen LogP contribution in [-0.2, 0) is 9.53 Å². The van der Waals surface area contributed by atoms with E-state index in [-0.39, 0.29) is 0 Å². The van der Waals surface area contributed by atoms with Crippen molar-refractivity contribution in [2.24, 2.45) is 0 Å². The molecule has 0 N–H and O–H groups in total. The van der Waals surface area contributed by atoms with Gasteiger partial charge in [0.15, 0.2) is 0 Å². The van der Waals surface area contributed by atoms with Crippen molar-refractivity contribution in [3.05, 3.63) is 40.8 Å². The van der Waals surface area contributed by atoms with Crippen LogP contribution in [0.25, 0.3) is 11.0 Å².